The van der Waals surface area contributed by atoms with Gasteiger partial charge in [-0.05, 0) is 39.2 Å². The molecule has 0 bridgehead atoms. The third-order valence-electron chi connectivity index (χ3n) is 3.33. The maximum atomic E-state index is 14.1. The van der Waals surface area contributed by atoms with Crippen LogP contribution in [0.4, 0.5) is 4.39 Å². The zero-order valence-electron chi connectivity index (χ0n) is 15.6. The molecule has 152 valence electrons. The quantitative estimate of drug-likeness (QED) is 0.190. The molecule has 0 radical (unpaired) electrons. The molecule has 27 heavy (non-hydrogen) atoms. The smallest absolute Gasteiger partial charge is 0.173 e. The monoisotopic (exact) mass is 439 g/mol. The minimum atomic E-state index is -0.567. The van der Waals surface area contributed by atoms with Gasteiger partial charge in [0.1, 0.15) is 23.5 Å². The van der Waals surface area contributed by atoms with Crippen molar-refractivity contribution in [2.75, 3.05) is 19.8 Å². The SMILES string of the molecule is CC(C)=NOCCCCCCCOc1c(F)cc(OCC=C(Cl)Cl)cc1Cl. The molecule has 1 aromatic rings. The van der Waals surface area contributed by atoms with Crippen LogP contribution in [-0.2, 0) is 4.84 Å². The highest BCUT2D eigenvalue weighted by atomic mass is 35.5. The number of oxime groups is 1. The van der Waals surface area contributed by atoms with Crippen molar-refractivity contribution in [2.24, 2.45) is 5.16 Å². The number of halogens is 4. The molecule has 1 rings (SSSR count). The predicted molar refractivity (Wildman–Crippen MR) is 110 cm³/mol. The molecule has 0 atom stereocenters. The highest BCUT2D eigenvalue weighted by molar-refractivity contribution is 6.55. The summed E-state index contributed by atoms with van der Waals surface area (Å²) in [5.74, 6) is -0.251. The normalized spacial score (nSPS) is 10.3. The molecule has 0 unspecified atom stereocenters. The van der Waals surface area contributed by atoms with E-state index in [1.54, 1.807) is 0 Å². The Bertz CT molecular complexity index is 608. The molecule has 0 aliphatic rings. The van der Waals surface area contributed by atoms with Crippen LogP contribution in [0.5, 0.6) is 11.5 Å². The van der Waals surface area contributed by atoms with E-state index in [9.17, 15) is 4.39 Å². The fraction of sp³-hybridized carbons (Fsp3) is 0.526. The molecular weight excluding hydrogens is 416 g/mol. The third-order valence-corrected chi connectivity index (χ3v) is 3.92. The molecule has 0 aliphatic heterocycles. The van der Waals surface area contributed by atoms with Gasteiger partial charge in [0.2, 0.25) is 0 Å². The second kappa shape index (κ2) is 13.9. The number of hydrogen-bond donors (Lipinski definition) is 0. The molecule has 1 aromatic carbocycles. The summed E-state index contributed by atoms with van der Waals surface area (Å²) >= 11 is 17.0. The van der Waals surface area contributed by atoms with E-state index >= 15 is 0 Å². The van der Waals surface area contributed by atoms with Crippen LogP contribution >= 0.6 is 34.8 Å². The predicted octanol–water partition coefficient (Wildman–Crippen LogP) is 6.92. The van der Waals surface area contributed by atoms with Crippen LogP contribution in [0.1, 0.15) is 46.0 Å². The summed E-state index contributed by atoms with van der Waals surface area (Å²) in [6.45, 7) is 4.93. The zero-order valence-corrected chi connectivity index (χ0v) is 17.8. The van der Waals surface area contributed by atoms with Gasteiger partial charge in [0, 0.05) is 12.1 Å². The Morgan fingerprint density at radius 3 is 2.33 bits per heavy atom. The molecule has 0 saturated carbocycles. The number of benzene rings is 1. The van der Waals surface area contributed by atoms with Gasteiger partial charge in [-0.1, -0.05) is 52.8 Å². The van der Waals surface area contributed by atoms with E-state index in [2.05, 4.69) is 5.16 Å². The van der Waals surface area contributed by atoms with Crippen molar-refractivity contribution in [1.82, 2.24) is 0 Å². The summed E-state index contributed by atoms with van der Waals surface area (Å²) in [6, 6.07) is 2.72. The average Bonchev–Trinajstić information content (AvgIpc) is 2.58. The van der Waals surface area contributed by atoms with Crippen molar-refractivity contribution >= 4 is 40.5 Å². The number of hydrogen-bond acceptors (Lipinski definition) is 4. The van der Waals surface area contributed by atoms with Crippen LogP contribution in [0.2, 0.25) is 5.02 Å². The van der Waals surface area contributed by atoms with Crippen LogP contribution in [0.15, 0.2) is 27.9 Å². The van der Waals surface area contributed by atoms with E-state index in [1.807, 2.05) is 13.8 Å². The minimum absolute atomic E-state index is 0.0381. The Balaban J connectivity index is 2.24. The van der Waals surface area contributed by atoms with Crippen molar-refractivity contribution in [3.05, 3.63) is 33.5 Å². The van der Waals surface area contributed by atoms with Gasteiger partial charge in [0.05, 0.1) is 17.3 Å². The van der Waals surface area contributed by atoms with Crippen molar-refractivity contribution in [3.63, 3.8) is 0 Å². The average molecular weight is 441 g/mol. The molecule has 0 N–H and O–H groups in total. The number of nitrogens with zero attached hydrogens (tertiary/aromatic N) is 1. The molecule has 0 aromatic heterocycles. The van der Waals surface area contributed by atoms with E-state index in [-0.39, 0.29) is 27.6 Å². The number of rotatable bonds is 13. The Morgan fingerprint density at radius 1 is 1.04 bits per heavy atom. The molecule has 0 heterocycles. The maximum absolute atomic E-state index is 14.1. The molecule has 0 amide bonds. The van der Waals surface area contributed by atoms with Gasteiger partial charge in [-0.25, -0.2) is 4.39 Å². The number of ether oxygens (including phenoxy) is 2. The van der Waals surface area contributed by atoms with Crippen molar-refractivity contribution in [3.8, 4) is 11.5 Å². The Hall–Kier alpha value is -1.17. The molecule has 4 nitrogen and oxygen atoms in total. The summed E-state index contributed by atoms with van der Waals surface area (Å²) < 4.78 is 25.0. The van der Waals surface area contributed by atoms with Crippen LogP contribution < -0.4 is 9.47 Å². The fourth-order valence-corrected chi connectivity index (χ4v) is 2.49. The minimum Gasteiger partial charge on any atom is -0.489 e. The van der Waals surface area contributed by atoms with E-state index < -0.39 is 5.82 Å². The first-order valence-electron chi connectivity index (χ1n) is 8.79. The lowest BCUT2D eigenvalue weighted by atomic mass is 10.1. The lowest BCUT2D eigenvalue weighted by molar-refractivity contribution is 0.139. The Labute approximate surface area is 175 Å². The van der Waals surface area contributed by atoms with E-state index in [1.165, 1.54) is 18.2 Å². The molecular formula is C19H25Cl3FNO3. The van der Waals surface area contributed by atoms with Gasteiger partial charge in [-0.3, -0.25) is 0 Å². The highest BCUT2D eigenvalue weighted by Gasteiger charge is 2.12. The van der Waals surface area contributed by atoms with Gasteiger partial charge in [0.15, 0.2) is 11.6 Å². The molecule has 0 fully saturated rings. The lowest BCUT2D eigenvalue weighted by Gasteiger charge is -2.11. The van der Waals surface area contributed by atoms with Crippen LogP contribution in [0.25, 0.3) is 0 Å². The largest absolute Gasteiger partial charge is 0.489 e. The summed E-state index contributed by atoms with van der Waals surface area (Å²) in [4.78, 5) is 5.13. The van der Waals surface area contributed by atoms with Crippen LogP contribution in [-0.4, -0.2) is 25.5 Å². The van der Waals surface area contributed by atoms with Crippen LogP contribution in [0.3, 0.4) is 0 Å². The molecule has 0 aliphatic carbocycles. The summed E-state index contributed by atoms with van der Waals surface area (Å²) in [5.41, 5.74) is 0.911. The summed E-state index contributed by atoms with van der Waals surface area (Å²) in [7, 11) is 0. The first kappa shape index (κ1) is 23.9. The Morgan fingerprint density at radius 2 is 1.70 bits per heavy atom. The van der Waals surface area contributed by atoms with Gasteiger partial charge < -0.3 is 14.3 Å². The fourth-order valence-electron chi connectivity index (χ4n) is 2.11. The van der Waals surface area contributed by atoms with Gasteiger partial charge in [-0.2, -0.15) is 0 Å². The summed E-state index contributed by atoms with van der Waals surface area (Å²) in [6.07, 6.45) is 6.33. The van der Waals surface area contributed by atoms with Gasteiger partial charge in [0.25, 0.3) is 0 Å². The van der Waals surface area contributed by atoms with Gasteiger partial charge in [-0.15, -0.1) is 0 Å². The van der Waals surface area contributed by atoms with E-state index in [0.29, 0.717) is 13.2 Å². The standard InChI is InChI=1S/C19H25Cl3FNO3/c1-14(2)24-27-10-7-5-3-4-6-9-26-19-16(20)12-15(13-17(19)23)25-11-8-18(21)22/h8,12-13H,3-7,9-11H2,1-2H3. The van der Waals surface area contributed by atoms with Gasteiger partial charge >= 0.3 is 0 Å². The molecule has 0 spiro atoms. The first-order valence-corrected chi connectivity index (χ1v) is 9.92. The second-order valence-electron chi connectivity index (χ2n) is 6.01. The topological polar surface area (TPSA) is 40.0 Å². The zero-order chi connectivity index (χ0) is 20.1. The molecule has 0 saturated heterocycles. The van der Waals surface area contributed by atoms with E-state index in [0.717, 1.165) is 37.8 Å². The van der Waals surface area contributed by atoms with Crippen molar-refractivity contribution in [1.29, 1.82) is 0 Å². The molecule has 8 heteroatoms. The van der Waals surface area contributed by atoms with Crippen molar-refractivity contribution in [2.45, 2.75) is 46.0 Å². The number of unbranched alkanes of at least 4 members (excludes halogenated alkanes) is 4. The first-order chi connectivity index (χ1) is 12.9. The maximum Gasteiger partial charge on any atom is 0.173 e. The van der Waals surface area contributed by atoms with E-state index in [4.69, 9.17) is 49.1 Å². The lowest BCUT2D eigenvalue weighted by Crippen LogP contribution is -2.01. The van der Waals surface area contributed by atoms with Crippen LogP contribution in [0, 0.1) is 5.82 Å². The second-order valence-corrected chi connectivity index (χ2v) is 7.42. The Kier molecular flexibility index (Phi) is 12.3. The van der Waals surface area contributed by atoms with Crippen molar-refractivity contribution < 1.29 is 18.7 Å². The third kappa shape index (κ3) is 11.3. The highest BCUT2D eigenvalue weighted by Crippen LogP contribution is 2.32. The summed E-state index contributed by atoms with van der Waals surface area (Å²) in [5, 5.41) is 4.04.